The smallest absolute Gasteiger partial charge is 0.255 e. The van der Waals surface area contributed by atoms with E-state index in [-0.39, 0.29) is 17.6 Å². The lowest BCUT2D eigenvalue weighted by Gasteiger charge is -2.10. The van der Waals surface area contributed by atoms with Crippen LogP contribution in [-0.4, -0.2) is 31.5 Å². The van der Waals surface area contributed by atoms with E-state index in [9.17, 15) is 14.0 Å². The maximum Gasteiger partial charge on any atom is 0.255 e. The molecule has 2 amide bonds. The third-order valence-corrected chi connectivity index (χ3v) is 3.92. The lowest BCUT2D eigenvalue weighted by Crippen LogP contribution is -2.28. The number of para-hydroxylation sites is 1. The molecule has 0 aromatic heterocycles. The monoisotopic (exact) mass is 372 g/mol. The first kappa shape index (κ1) is 20.4. The van der Waals surface area contributed by atoms with Crippen molar-refractivity contribution in [2.45, 2.75) is 26.2 Å². The molecule has 144 valence electrons. The fourth-order valence-electron chi connectivity index (χ4n) is 2.61. The van der Waals surface area contributed by atoms with E-state index in [0.717, 1.165) is 5.56 Å². The number of hydrogen-bond donors (Lipinski definition) is 2. The maximum absolute atomic E-state index is 13.1. The van der Waals surface area contributed by atoms with E-state index in [1.807, 2.05) is 19.1 Å². The summed E-state index contributed by atoms with van der Waals surface area (Å²) >= 11 is 0. The number of amides is 2. The molecule has 0 saturated heterocycles. The predicted octanol–water partition coefficient (Wildman–Crippen LogP) is 3.09. The topological polar surface area (TPSA) is 67.4 Å². The molecule has 0 unspecified atom stereocenters. The fourth-order valence-corrected chi connectivity index (χ4v) is 2.61. The zero-order chi connectivity index (χ0) is 19.5. The summed E-state index contributed by atoms with van der Waals surface area (Å²) in [5.41, 5.74) is 1.33. The molecule has 6 heteroatoms. The Morgan fingerprint density at radius 3 is 2.63 bits per heavy atom. The van der Waals surface area contributed by atoms with Crippen molar-refractivity contribution in [3.8, 4) is 5.75 Å². The Kier molecular flexibility index (Phi) is 8.29. The van der Waals surface area contributed by atoms with E-state index in [1.54, 1.807) is 24.3 Å². The van der Waals surface area contributed by atoms with Crippen molar-refractivity contribution in [1.82, 2.24) is 10.6 Å². The summed E-state index contributed by atoms with van der Waals surface area (Å²) in [4.78, 5) is 24.1. The van der Waals surface area contributed by atoms with Crippen LogP contribution in [0.2, 0.25) is 0 Å². The summed E-state index contributed by atoms with van der Waals surface area (Å²) in [7, 11) is 0. The molecule has 0 spiro atoms. The quantitative estimate of drug-likeness (QED) is 0.630. The second-order valence-corrected chi connectivity index (χ2v) is 6.02. The highest BCUT2D eigenvalue weighted by atomic mass is 19.1. The van der Waals surface area contributed by atoms with E-state index in [1.165, 1.54) is 12.1 Å². The van der Waals surface area contributed by atoms with Crippen molar-refractivity contribution in [2.75, 3.05) is 19.7 Å². The van der Waals surface area contributed by atoms with Crippen molar-refractivity contribution < 1.29 is 18.7 Å². The van der Waals surface area contributed by atoms with Crippen LogP contribution in [0.15, 0.2) is 48.5 Å². The third-order valence-electron chi connectivity index (χ3n) is 3.92. The predicted molar refractivity (Wildman–Crippen MR) is 102 cm³/mol. The second-order valence-electron chi connectivity index (χ2n) is 6.02. The Morgan fingerprint density at radius 2 is 1.85 bits per heavy atom. The van der Waals surface area contributed by atoms with Gasteiger partial charge in [0.25, 0.3) is 5.91 Å². The Labute approximate surface area is 158 Å². The second kappa shape index (κ2) is 11.0. The molecule has 0 aliphatic heterocycles. The zero-order valence-electron chi connectivity index (χ0n) is 15.5. The van der Waals surface area contributed by atoms with Crippen LogP contribution in [0.4, 0.5) is 4.39 Å². The van der Waals surface area contributed by atoms with Gasteiger partial charge in [0, 0.05) is 19.5 Å². The van der Waals surface area contributed by atoms with E-state index >= 15 is 0 Å². The highest BCUT2D eigenvalue weighted by Gasteiger charge is 2.11. The van der Waals surface area contributed by atoms with Gasteiger partial charge in [0.05, 0.1) is 12.2 Å². The molecule has 0 atom stereocenters. The van der Waals surface area contributed by atoms with Gasteiger partial charge in [-0.1, -0.05) is 24.3 Å². The molecule has 2 N–H and O–H groups in total. The van der Waals surface area contributed by atoms with Crippen LogP contribution in [0, 0.1) is 5.82 Å². The van der Waals surface area contributed by atoms with Crippen LogP contribution < -0.4 is 15.4 Å². The molecule has 0 bridgehead atoms. The van der Waals surface area contributed by atoms with Gasteiger partial charge in [-0.3, -0.25) is 9.59 Å². The first-order valence-electron chi connectivity index (χ1n) is 9.11. The van der Waals surface area contributed by atoms with Crippen LogP contribution in [-0.2, 0) is 11.2 Å². The van der Waals surface area contributed by atoms with Crippen LogP contribution in [0.3, 0.4) is 0 Å². The number of benzene rings is 2. The molecule has 2 rings (SSSR count). The van der Waals surface area contributed by atoms with Crippen molar-refractivity contribution in [3.05, 3.63) is 65.5 Å². The van der Waals surface area contributed by atoms with Gasteiger partial charge < -0.3 is 15.4 Å². The molecular weight excluding hydrogens is 347 g/mol. The summed E-state index contributed by atoms with van der Waals surface area (Å²) in [5, 5.41) is 5.60. The summed E-state index contributed by atoms with van der Waals surface area (Å²) in [6.07, 6.45) is 1.43. The van der Waals surface area contributed by atoms with Gasteiger partial charge in [-0.15, -0.1) is 0 Å². The van der Waals surface area contributed by atoms with E-state index < -0.39 is 0 Å². The Morgan fingerprint density at radius 1 is 1.04 bits per heavy atom. The standard InChI is InChI=1S/C21H25FN2O3/c1-2-27-19-10-4-3-9-18(19)21(26)24-13-6-11-20(25)23-14-12-16-7-5-8-17(22)15-16/h3-5,7-10,15H,2,6,11-14H2,1H3,(H,23,25)(H,24,26). The number of hydrogen-bond acceptors (Lipinski definition) is 3. The Balaban J connectivity index is 1.64. The molecule has 0 saturated carbocycles. The van der Waals surface area contributed by atoms with Gasteiger partial charge in [0.1, 0.15) is 11.6 Å². The SMILES string of the molecule is CCOc1ccccc1C(=O)NCCCC(=O)NCCc1cccc(F)c1. The van der Waals surface area contributed by atoms with Crippen LogP contribution in [0.5, 0.6) is 5.75 Å². The average Bonchev–Trinajstić information content (AvgIpc) is 2.66. The fraction of sp³-hybridized carbons (Fsp3) is 0.333. The van der Waals surface area contributed by atoms with Crippen LogP contribution >= 0.6 is 0 Å². The highest BCUT2D eigenvalue weighted by Crippen LogP contribution is 2.17. The van der Waals surface area contributed by atoms with Crippen LogP contribution in [0.1, 0.15) is 35.7 Å². The molecule has 2 aromatic rings. The molecule has 2 aromatic carbocycles. The molecule has 0 aliphatic carbocycles. The van der Waals surface area contributed by atoms with Gasteiger partial charge in [0.2, 0.25) is 5.91 Å². The number of carbonyl (C=O) groups is 2. The van der Waals surface area contributed by atoms with Gasteiger partial charge in [-0.25, -0.2) is 4.39 Å². The highest BCUT2D eigenvalue weighted by molar-refractivity contribution is 5.96. The molecule has 0 heterocycles. The summed E-state index contributed by atoms with van der Waals surface area (Å²) in [6, 6.07) is 13.4. The summed E-state index contributed by atoms with van der Waals surface area (Å²) in [6.45, 7) is 3.20. The Bertz CT molecular complexity index is 765. The molecular formula is C21H25FN2O3. The number of halogens is 1. The zero-order valence-corrected chi connectivity index (χ0v) is 15.5. The number of carbonyl (C=O) groups excluding carboxylic acids is 2. The molecule has 27 heavy (non-hydrogen) atoms. The average molecular weight is 372 g/mol. The minimum atomic E-state index is -0.277. The Hall–Kier alpha value is -2.89. The van der Waals surface area contributed by atoms with Crippen LogP contribution in [0.25, 0.3) is 0 Å². The summed E-state index contributed by atoms with van der Waals surface area (Å²) < 4.78 is 18.5. The van der Waals surface area contributed by atoms with Crippen molar-refractivity contribution in [1.29, 1.82) is 0 Å². The van der Waals surface area contributed by atoms with Gasteiger partial charge >= 0.3 is 0 Å². The van der Waals surface area contributed by atoms with Gasteiger partial charge in [-0.2, -0.15) is 0 Å². The lowest BCUT2D eigenvalue weighted by molar-refractivity contribution is -0.121. The molecule has 0 aliphatic rings. The molecule has 0 fully saturated rings. The van der Waals surface area contributed by atoms with Gasteiger partial charge in [-0.05, 0) is 49.6 Å². The normalized spacial score (nSPS) is 10.3. The van der Waals surface area contributed by atoms with Crippen molar-refractivity contribution in [2.24, 2.45) is 0 Å². The minimum absolute atomic E-state index is 0.0876. The number of nitrogens with one attached hydrogen (secondary N) is 2. The van der Waals surface area contributed by atoms with E-state index in [0.29, 0.717) is 50.3 Å². The third kappa shape index (κ3) is 7.09. The van der Waals surface area contributed by atoms with Crippen molar-refractivity contribution >= 4 is 11.8 Å². The molecule has 0 radical (unpaired) electrons. The number of ether oxygens (including phenoxy) is 1. The molecule has 5 nitrogen and oxygen atoms in total. The van der Waals surface area contributed by atoms with E-state index in [2.05, 4.69) is 10.6 Å². The maximum atomic E-state index is 13.1. The van der Waals surface area contributed by atoms with Gasteiger partial charge in [0.15, 0.2) is 0 Å². The first-order valence-corrected chi connectivity index (χ1v) is 9.11. The minimum Gasteiger partial charge on any atom is -0.493 e. The van der Waals surface area contributed by atoms with Crippen molar-refractivity contribution in [3.63, 3.8) is 0 Å². The van der Waals surface area contributed by atoms with E-state index in [4.69, 9.17) is 4.74 Å². The largest absolute Gasteiger partial charge is 0.493 e. The number of rotatable bonds is 10. The summed E-state index contributed by atoms with van der Waals surface area (Å²) in [5.74, 6) is -0.0333. The lowest BCUT2D eigenvalue weighted by atomic mass is 10.1. The first-order chi connectivity index (χ1) is 13.1.